The smallest absolute Gasteiger partial charge is 0.137 e. The van der Waals surface area contributed by atoms with Crippen LogP contribution >= 0.6 is 11.6 Å². The first-order valence-electron chi connectivity index (χ1n) is 4.83. The third-order valence-corrected chi connectivity index (χ3v) is 2.59. The number of aliphatic hydroxyl groups excluding tert-OH is 1. The van der Waals surface area contributed by atoms with Gasteiger partial charge in [0.05, 0.1) is 18.9 Å². The summed E-state index contributed by atoms with van der Waals surface area (Å²) in [7, 11) is 1.60. The predicted octanol–water partition coefficient (Wildman–Crippen LogP) is 1.74. The number of ether oxygens (including phenoxy) is 1. The van der Waals surface area contributed by atoms with Crippen molar-refractivity contribution in [3.63, 3.8) is 0 Å². The molecule has 0 saturated carbocycles. The van der Waals surface area contributed by atoms with Crippen LogP contribution in [-0.4, -0.2) is 25.5 Å². The van der Waals surface area contributed by atoms with Gasteiger partial charge in [0.15, 0.2) is 0 Å². The molecule has 0 aliphatic carbocycles. The fraction of sp³-hybridized carbons (Fsp3) is 0.455. The number of halogens is 1. The number of aryl methyl sites for hydroxylation is 1. The zero-order valence-electron chi connectivity index (χ0n) is 9.01. The molecule has 0 bridgehead atoms. The summed E-state index contributed by atoms with van der Waals surface area (Å²) < 4.78 is 5.12. The van der Waals surface area contributed by atoms with E-state index in [-0.39, 0.29) is 6.73 Å². The van der Waals surface area contributed by atoms with E-state index in [4.69, 9.17) is 21.4 Å². The lowest BCUT2D eigenvalue weighted by atomic mass is 10.1. The van der Waals surface area contributed by atoms with Crippen LogP contribution < -0.4 is 10.1 Å². The van der Waals surface area contributed by atoms with Crippen molar-refractivity contribution < 1.29 is 9.84 Å². The third kappa shape index (κ3) is 3.38. The first kappa shape index (κ1) is 12.3. The summed E-state index contributed by atoms with van der Waals surface area (Å²) in [5.41, 5.74) is 2.32. The highest BCUT2D eigenvalue weighted by molar-refractivity contribution is 6.32. The van der Waals surface area contributed by atoms with Gasteiger partial charge in [0, 0.05) is 6.54 Å². The van der Waals surface area contributed by atoms with Crippen LogP contribution in [0.3, 0.4) is 0 Å². The van der Waals surface area contributed by atoms with E-state index in [2.05, 4.69) is 5.32 Å². The Morgan fingerprint density at radius 2 is 2.20 bits per heavy atom. The molecule has 3 nitrogen and oxygen atoms in total. The average molecular weight is 230 g/mol. The number of nitrogens with one attached hydrogen (secondary N) is 1. The number of hydrogen-bond acceptors (Lipinski definition) is 3. The fourth-order valence-corrected chi connectivity index (χ4v) is 1.69. The molecule has 0 fully saturated rings. The molecule has 1 aromatic carbocycles. The van der Waals surface area contributed by atoms with Crippen LogP contribution in [-0.2, 0) is 6.42 Å². The normalized spacial score (nSPS) is 10.4. The maximum atomic E-state index is 8.59. The van der Waals surface area contributed by atoms with Crippen molar-refractivity contribution >= 4 is 11.6 Å². The zero-order valence-corrected chi connectivity index (χ0v) is 9.77. The van der Waals surface area contributed by atoms with E-state index >= 15 is 0 Å². The molecule has 0 spiro atoms. The molecule has 2 N–H and O–H groups in total. The van der Waals surface area contributed by atoms with Crippen molar-refractivity contribution in [3.8, 4) is 5.75 Å². The standard InChI is InChI=1S/C11H16ClNO2/c1-8-5-11(15-2)10(12)6-9(8)3-4-13-7-14/h5-6,13-14H,3-4,7H2,1-2H3. The molecule has 0 aliphatic rings. The molecular formula is C11H16ClNO2. The van der Waals surface area contributed by atoms with E-state index in [0.717, 1.165) is 18.5 Å². The predicted molar refractivity (Wildman–Crippen MR) is 61.5 cm³/mol. The topological polar surface area (TPSA) is 41.5 Å². The van der Waals surface area contributed by atoms with E-state index < -0.39 is 0 Å². The van der Waals surface area contributed by atoms with Gasteiger partial charge in [-0.15, -0.1) is 0 Å². The summed E-state index contributed by atoms with van der Waals surface area (Å²) in [5.74, 6) is 0.702. The number of hydrogen-bond donors (Lipinski definition) is 2. The maximum Gasteiger partial charge on any atom is 0.137 e. The highest BCUT2D eigenvalue weighted by Gasteiger charge is 2.05. The number of methoxy groups -OCH3 is 1. The molecular weight excluding hydrogens is 214 g/mol. The Bertz CT molecular complexity index is 329. The first-order valence-corrected chi connectivity index (χ1v) is 5.21. The van der Waals surface area contributed by atoms with Crippen molar-refractivity contribution in [1.29, 1.82) is 0 Å². The SMILES string of the molecule is COc1cc(C)c(CCNCO)cc1Cl. The third-order valence-electron chi connectivity index (χ3n) is 2.29. The van der Waals surface area contributed by atoms with Gasteiger partial charge in [-0.3, -0.25) is 5.32 Å². The zero-order chi connectivity index (χ0) is 11.3. The van der Waals surface area contributed by atoms with Crippen molar-refractivity contribution in [2.45, 2.75) is 13.3 Å². The van der Waals surface area contributed by atoms with Gasteiger partial charge in [0.1, 0.15) is 5.75 Å². The molecule has 4 heteroatoms. The van der Waals surface area contributed by atoms with Crippen LogP contribution in [0.2, 0.25) is 5.02 Å². The van der Waals surface area contributed by atoms with E-state index in [1.807, 2.05) is 19.1 Å². The lowest BCUT2D eigenvalue weighted by molar-refractivity contribution is 0.262. The molecule has 0 heterocycles. The largest absolute Gasteiger partial charge is 0.495 e. The van der Waals surface area contributed by atoms with Gasteiger partial charge in [0.2, 0.25) is 0 Å². The Morgan fingerprint density at radius 3 is 2.80 bits per heavy atom. The van der Waals surface area contributed by atoms with Crippen molar-refractivity contribution in [1.82, 2.24) is 5.32 Å². The Hall–Kier alpha value is -0.770. The molecule has 0 radical (unpaired) electrons. The Balaban J connectivity index is 2.76. The summed E-state index contributed by atoms with van der Waals surface area (Å²) >= 11 is 6.02. The monoisotopic (exact) mass is 229 g/mol. The Labute approximate surface area is 95.0 Å². The van der Waals surface area contributed by atoms with Gasteiger partial charge in [0.25, 0.3) is 0 Å². The molecule has 15 heavy (non-hydrogen) atoms. The molecule has 0 unspecified atom stereocenters. The van der Waals surface area contributed by atoms with Gasteiger partial charge in [-0.25, -0.2) is 0 Å². The van der Waals surface area contributed by atoms with Crippen LogP contribution in [0.5, 0.6) is 5.75 Å². The second-order valence-electron chi connectivity index (χ2n) is 3.32. The van der Waals surface area contributed by atoms with Crippen molar-refractivity contribution in [2.75, 3.05) is 20.4 Å². The minimum atomic E-state index is 0.00291. The van der Waals surface area contributed by atoms with Crippen LogP contribution in [0.15, 0.2) is 12.1 Å². The second kappa shape index (κ2) is 5.95. The van der Waals surface area contributed by atoms with Crippen LogP contribution in [0.1, 0.15) is 11.1 Å². The summed E-state index contributed by atoms with van der Waals surface area (Å²) in [4.78, 5) is 0. The van der Waals surface area contributed by atoms with E-state index in [9.17, 15) is 0 Å². The summed E-state index contributed by atoms with van der Waals surface area (Å²) in [5, 5.41) is 12.1. The second-order valence-corrected chi connectivity index (χ2v) is 3.73. The number of rotatable bonds is 5. The lowest BCUT2D eigenvalue weighted by Gasteiger charge is -2.10. The average Bonchev–Trinajstić information content (AvgIpc) is 2.23. The van der Waals surface area contributed by atoms with Crippen LogP contribution in [0, 0.1) is 6.92 Å². The van der Waals surface area contributed by atoms with Gasteiger partial charge in [-0.05, 0) is 36.6 Å². The molecule has 0 aliphatic heterocycles. The Kier molecular flexibility index (Phi) is 4.88. The molecule has 1 aromatic rings. The highest BCUT2D eigenvalue weighted by Crippen LogP contribution is 2.27. The minimum absolute atomic E-state index is 0.00291. The molecule has 0 saturated heterocycles. The van der Waals surface area contributed by atoms with E-state index in [0.29, 0.717) is 10.8 Å². The van der Waals surface area contributed by atoms with Crippen LogP contribution in [0.4, 0.5) is 0 Å². The maximum absolute atomic E-state index is 8.59. The summed E-state index contributed by atoms with van der Waals surface area (Å²) in [6, 6.07) is 3.84. The Morgan fingerprint density at radius 1 is 1.47 bits per heavy atom. The summed E-state index contributed by atoms with van der Waals surface area (Å²) in [6.45, 7) is 2.76. The lowest BCUT2D eigenvalue weighted by Crippen LogP contribution is -2.18. The van der Waals surface area contributed by atoms with E-state index in [1.54, 1.807) is 7.11 Å². The van der Waals surface area contributed by atoms with E-state index in [1.165, 1.54) is 5.56 Å². The molecule has 84 valence electrons. The number of benzene rings is 1. The van der Waals surface area contributed by atoms with Gasteiger partial charge < -0.3 is 9.84 Å². The van der Waals surface area contributed by atoms with Gasteiger partial charge in [-0.2, -0.15) is 0 Å². The quantitative estimate of drug-likeness (QED) is 0.597. The molecule has 1 rings (SSSR count). The van der Waals surface area contributed by atoms with Gasteiger partial charge in [-0.1, -0.05) is 11.6 Å². The van der Waals surface area contributed by atoms with Gasteiger partial charge >= 0.3 is 0 Å². The van der Waals surface area contributed by atoms with Crippen molar-refractivity contribution in [2.24, 2.45) is 0 Å². The highest BCUT2D eigenvalue weighted by atomic mass is 35.5. The van der Waals surface area contributed by atoms with Crippen LogP contribution in [0.25, 0.3) is 0 Å². The minimum Gasteiger partial charge on any atom is -0.495 e. The van der Waals surface area contributed by atoms with Crippen molar-refractivity contribution in [3.05, 3.63) is 28.3 Å². The molecule has 0 amide bonds. The number of aliphatic hydroxyl groups is 1. The molecule has 0 atom stereocenters. The first-order chi connectivity index (χ1) is 7.19. The fourth-order valence-electron chi connectivity index (χ4n) is 1.42. The summed E-state index contributed by atoms with van der Waals surface area (Å²) in [6.07, 6.45) is 0.843. The molecule has 0 aromatic heterocycles.